The molecule has 1 N–H and O–H groups in total. The molecular formula is C16H15NO5. The molecule has 0 spiro atoms. The molecule has 114 valence electrons. The van der Waals surface area contributed by atoms with Crippen molar-refractivity contribution in [3.63, 3.8) is 0 Å². The van der Waals surface area contributed by atoms with E-state index in [-0.39, 0.29) is 24.3 Å². The minimum atomic E-state index is -1.23. The molecule has 1 unspecified atom stereocenters. The van der Waals surface area contributed by atoms with E-state index in [9.17, 15) is 20.0 Å². The number of hydrogen-bond acceptors (Lipinski definition) is 5. The molecule has 6 nitrogen and oxygen atoms in total. The summed E-state index contributed by atoms with van der Waals surface area (Å²) in [5, 5.41) is 20.9. The molecule has 0 saturated carbocycles. The van der Waals surface area contributed by atoms with E-state index in [0.717, 1.165) is 5.56 Å². The van der Waals surface area contributed by atoms with Gasteiger partial charge in [-0.2, -0.15) is 0 Å². The van der Waals surface area contributed by atoms with Crippen LogP contribution < -0.4 is 0 Å². The van der Waals surface area contributed by atoms with Crippen LogP contribution in [0.15, 0.2) is 54.6 Å². The van der Waals surface area contributed by atoms with Gasteiger partial charge in [-0.3, -0.25) is 14.9 Å². The average Bonchev–Trinajstić information content (AvgIpc) is 2.53. The maximum absolute atomic E-state index is 11.7. The van der Waals surface area contributed by atoms with Crippen LogP contribution >= 0.6 is 0 Å². The molecule has 0 aliphatic rings. The summed E-state index contributed by atoms with van der Waals surface area (Å²) in [6.45, 7) is -0.323. The lowest BCUT2D eigenvalue weighted by Crippen LogP contribution is -2.15. The zero-order valence-electron chi connectivity index (χ0n) is 11.7. The largest absolute Gasteiger partial charge is 0.462 e. The molecule has 0 heterocycles. The second-order valence-electron chi connectivity index (χ2n) is 4.68. The zero-order chi connectivity index (χ0) is 15.9. The lowest BCUT2D eigenvalue weighted by atomic mass is 10.1. The first-order valence-corrected chi connectivity index (χ1v) is 6.69. The Morgan fingerprint density at radius 2 is 1.77 bits per heavy atom. The van der Waals surface area contributed by atoms with Crippen LogP contribution in [0.5, 0.6) is 0 Å². The van der Waals surface area contributed by atoms with E-state index in [1.807, 2.05) is 18.2 Å². The molecule has 2 rings (SSSR count). The van der Waals surface area contributed by atoms with Crippen LogP contribution in [-0.4, -0.2) is 22.6 Å². The number of hydrogen-bond donors (Lipinski definition) is 1. The predicted octanol–water partition coefficient (Wildman–Crippen LogP) is 2.41. The third-order valence-electron chi connectivity index (χ3n) is 3.09. The van der Waals surface area contributed by atoms with Gasteiger partial charge in [0.2, 0.25) is 0 Å². The van der Waals surface area contributed by atoms with Crippen LogP contribution in [0.25, 0.3) is 0 Å². The summed E-state index contributed by atoms with van der Waals surface area (Å²) < 4.78 is 4.99. The molecular weight excluding hydrogens is 286 g/mol. The van der Waals surface area contributed by atoms with E-state index in [1.165, 1.54) is 18.2 Å². The van der Waals surface area contributed by atoms with E-state index >= 15 is 0 Å². The minimum Gasteiger partial charge on any atom is -0.462 e. The zero-order valence-corrected chi connectivity index (χ0v) is 11.7. The van der Waals surface area contributed by atoms with Crippen LogP contribution in [0.4, 0.5) is 5.69 Å². The highest BCUT2D eigenvalue weighted by atomic mass is 16.6. The second kappa shape index (κ2) is 7.33. The summed E-state index contributed by atoms with van der Waals surface area (Å²) in [7, 11) is 0. The highest BCUT2D eigenvalue weighted by Crippen LogP contribution is 2.24. The maximum Gasteiger partial charge on any atom is 0.310 e. The van der Waals surface area contributed by atoms with Crippen molar-refractivity contribution in [2.24, 2.45) is 0 Å². The number of nitrogens with zero attached hydrogens (tertiary/aromatic N) is 1. The highest BCUT2D eigenvalue weighted by Gasteiger charge is 2.20. The molecule has 0 aromatic heterocycles. The van der Waals surface area contributed by atoms with Gasteiger partial charge in [0.05, 0.1) is 16.9 Å². The van der Waals surface area contributed by atoms with E-state index in [1.54, 1.807) is 18.2 Å². The van der Waals surface area contributed by atoms with Crippen LogP contribution in [0.3, 0.4) is 0 Å². The number of esters is 1. The Morgan fingerprint density at radius 1 is 1.14 bits per heavy atom. The van der Waals surface area contributed by atoms with Gasteiger partial charge in [-0.15, -0.1) is 0 Å². The Hall–Kier alpha value is -2.73. The second-order valence-corrected chi connectivity index (χ2v) is 4.68. The van der Waals surface area contributed by atoms with Gasteiger partial charge in [-0.1, -0.05) is 42.5 Å². The molecule has 0 bridgehead atoms. The number of aliphatic hydroxyl groups is 1. The Balaban J connectivity index is 1.94. The van der Waals surface area contributed by atoms with E-state index in [4.69, 9.17) is 4.74 Å². The fraction of sp³-hybridized carbons (Fsp3) is 0.188. The van der Waals surface area contributed by atoms with Crippen LogP contribution in [0.1, 0.15) is 17.2 Å². The molecule has 0 amide bonds. The fourth-order valence-electron chi connectivity index (χ4n) is 2.01. The molecule has 1 atom stereocenters. The number of carbonyl (C=O) groups excluding carboxylic acids is 1. The predicted molar refractivity (Wildman–Crippen MR) is 79.2 cm³/mol. The quantitative estimate of drug-likeness (QED) is 0.503. The molecule has 2 aromatic carbocycles. The van der Waals surface area contributed by atoms with Crippen molar-refractivity contribution < 1.29 is 19.6 Å². The lowest BCUT2D eigenvalue weighted by molar-refractivity contribution is -0.386. The first-order valence-electron chi connectivity index (χ1n) is 6.69. The molecule has 22 heavy (non-hydrogen) atoms. The van der Waals surface area contributed by atoms with Crippen LogP contribution in [0.2, 0.25) is 0 Å². The van der Waals surface area contributed by atoms with Crippen molar-refractivity contribution in [3.05, 3.63) is 75.8 Å². The Labute approximate surface area is 127 Å². The van der Waals surface area contributed by atoms with Gasteiger partial charge in [0, 0.05) is 6.07 Å². The van der Waals surface area contributed by atoms with Crippen molar-refractivity contribution in [1.29, 1.82) is 0 Å². The SMILES string of the molecule is O=C(Cc1ccccc1)OCC(O)c1ccccc1[N+](=O)[O-]. The standard InChI is InChI=1S/C16H15NO5/c18-15(13-8-4-5-9-14(13)17(20)21)11-22-16(19)10-12-6-2-1-3-7-12/h1-9,15,18H,10-11H2. The third kappa shape index (κ3) is 4.13. The molecule has 0 aliphatic carbocycles. The Morgan fingerprint density at radius 3 is 2.45 bits per heavy atom. The first kappa shape index (κ1) is 15.7. The van der Waals surface area contributed by atoms with Crippen molar-refractivity contribution in [1.82, 2.24) is 0 Å². The van der Waals surface area contributed by atoms with Crippen LogP contribution in [-0.2, 0) is 16.0 Å². The summed E-state index contributed by atoms with van der Waals surface area (Å²) in [6.07, 6.45) is -1.15. The number of nitro benzene ring substituents is 1. The lowest BCUT2D eigenvalue weighted by Gasteiger charge is -2.12. The molecule has 0 aliphatic heterocycles. The smallest absolute Gasteiger partial charge is 0.310 e. The highest BCUT2D eigenvalue weighted by molar-refractivity contribution is 5.72. The van der Waals surface area contributed by atoms with Gasteiger partial charge in [0.1, 0.15) is 12.7 Å². The van der Waals surface area contributed by atoms with Crippen molar-refractivity contribution in [3.8, 4) is 0 Å². The van der Waals surface area contributed by atoms with Gasteiger partial charge >= 0.3 is 5.97 Å². The minimum absolute atomic E-state index is 0.0877. The first-order chi connectivity index (χ1) is 10.6. The van der Waals surface area contributed by atoms with Gasteiger partial charge in [0.15, 0.2) is 0 Å². The topological polar surface area (TPSA) is 89.7 Å². The Bertz CT molecular complexity index is 657. The molecule has 0 fully saturated rings. The van der Waals surface area contributed by atoms with E-state index in [2.05, 4.69) is 0 Å². The molecule has 6 heteroatoms. The summed E-state index contributed by atoms with van der Waals surface area (Å²) >= 11 is 0. The summed E-state index contributed by atoms with van der Waals surface area (Å²) in [5.74, 6) is -0.496. The van der Waals surface area contributed by atoms with E-state index < -0.39 is 17.0 Å². The molecule has 2 aromatic rings. The average molecular weight is 301 g/mol. The van der Waals surface area contributed by atoms with Crippen molar-refractivity contribution in [2.45, 2.75) is 12.5 Å². The van der Waals surface area contributed by atoms with Crippen molar-refractivity contribution in [2.75, 3.05) is 6.61 Å². The number of para-hydroxylation sites is 1. The normalized spacial score (nSPS) is 11.7. The number of aliphatic hydroxyl groups excluding tert-OH is 1. The summed E-state index contributed by atoms with van der Waals surface area (Å²) in [4.78, 5) is 22.0. The summed E-state index contributed by atoms with van der Waals surface area (Å²) in [6, 6.07) is 14.9. The maximum atomic E-state index is 11.7. The van der Waals surface area contributed by atoms with Gasteiger partial charge < -0.3 is 9.84 Å². The Kier molecular flexibility index (Phi) is 5.21. The van der Waals surface area contributed by atoms with Gasteiger partial charge in [-0.25, -0.2) is 0 Å². The monoisotopic (exact) mass is 301 g/mol. The third-order valence-corrected chi connectivity index (χ3v) is 3.09. The number of ether oxygens (including phenoxy) is 1. The number of rotatable bonds is 6. The van der Waals surface area contributed by atoms with Gasteiger partial charge in [0.25, 0.3) is 5.69 Å². The van der Waals surface area contributed by atoms with Crippen molar-refractivity contribution >= 4 is 11.7 Å². The fourth-order valence-corrected chi connectivity index (χ4v) is 2.01. The van der Waals surface area contributed by atoms with Gasteiger partial charge in [-0.05, 0) is 11.6 Å². The van der Waals surface area contributed by atoms with E-state index in [0.29, 0.717) is 0 Å². The number of nitro groups is 1. The summed E-state index contributed by atoms with van der Waals surface area (Å²) in [5.41, 5.74) is 0.724. The van der Waals surface area contributed by atoms with Crippen LogP contribution in [0, 0.1) is 10.1 Å². The molecule has 0 saturated heterocycles. The number of carbonyl (C=O) groups is 1. The molecule has 0 radical (unpaired) electrons. The number of benzene rings is 2.